The second kappa shape index (κ2) is 5.96. The Hall–Kier alpha value is -1.35. The first-order valence-corrected chi connectivity index (χ1v) is 7.69. The van der Waals surface area contributed by atoms with Gasteiger partial charge in [-0.15, -0.1) is 0 Å². The van der Waals surface area contributed by atoms with E-state index in [1.165, 1.54) is 5.52 Å². The third-order valence-corrected chi connectivity index (χ3v) is 4.50. The Balaban J connectivity index is 2.36. The van der Waals surface area contributed by atoms with E-state index in [0.29, 0.717) is 0 Å². The van der Waals surface area contributed by atoms with Crippen LogP contribution in [-0.2, 0) is 13.0 Å². The van der Waals surface area contributed by atoms with Gasteiger partial charge >= 0.3 is 0 Å². The van der Waals surface area contributed by atoms with E-state index in [2.05, 4.69) is 50.5 Å². The quantitative estimate of drug-likeness (QED) is 0.871. The summed E-state index contributed by atoms with van der Waals surface area (Å²) in [6.45, 7) is 9.90. The topological polar surface area (TPSA) is 43.8 Å². The number of nitrogens with two attached hydrogens (primary N) is 1. The van der Waals surface area contributed by atoms with Crippen molar-refractivity contribution in [3.8, 4) is 0 Å². The number of rotatable bonds is 6. The van der Waals surface area contributed by atoms with Crippen LogP contribution in [0, 0.1) is 5.41 Å². The molecule has 1 atom stereocenters. The molecule has 2 aromatic rings. The Morgan fingerprint density at radius 1 is 1.25 bits per heavy atom. The molecule has 2 rings (SSSR count). The van der Waals surface area contributed by atoms with Gasteiger partial charge in [0.2, 0.25) is 0 Å². The van der Waals surface area contributed by atoms with Crippen LogP contribution >= 0.6 is 0 Å². The van der Waals surface area contributed by atoms with Crippen molar-refractivity contribution >= 4 is 11.0 Å². The third kappa shape index (κ3) is 2.88. The van der Waals surface area contributed by atoms with Crippen molar-refractivity contribution < 1.29 is 0 Å². The molecule has 110 valence electrons. The largest absolute Gasteiger partial charge is 0.328 e. The van der Waals surface area contributed by atoms with Crippen molar-refractivity contribution in [3.63, 3.8) is 0 Å². The number of aryl methyl sites for hydroxylation is 1. The summed E-state index contributed by atoms with van der Waals surface area (Å²) in [5.41, 5.74) is 8.88. The molecule has 3 heteroatoms. The molecule has 0 amide bonds. The molecule has 0 aliphatic heterocycles. The number of para-hydroxylation sites is 2. The predicted molar refractivity (Wildman–Crippen MR) is 85.8 cm³/mol. The van der Waals surface area contributed by atoms with Gasteiger partial charge < -0.3 is 10.3 Å². The van der Waals surface area contributed by atoms with E-state index in [4.69, 9.17) is 10.7 Å². The van der Waals surface area contributed by atoms with Crippen molar-refractivity contribution in [3.05, 3.63) is 30.1 Å². The first-order chi connectivity index (χ1) is 9.49. The van der Waals surface area contributed by atoms with Crippen molar-refractivity contribution in [2.24, 2.45) is 11.1 Å². The van der Waals surface area contributed by atoms with E-state index in [0.717, 1.165) is 37.1 Å². The van der Waals surface area contributed by atoms with Crippen LogP contribution in [0.4, 0.5) is 0 Å². The summed E-state index contributed by atoms with van der Waals surface area (Å²) in [7, 11) is 0. The zero-order valence-electron chi connectivity index (χ0n) is 13.2. The minimum absolute atomic E-state index is 0.139. The first kappa shape index (κ1) is 15.0. The second-order valence-electron chi connectivity index (χ2n) is 6.32. The van der Waals surface area contributed by atoms with E-state index in [1.807, 2.05) is 6.07 Å². The van der Waals surface area contributed by atoms with Crippen molar-refractivity contribution in [2.75, 3.05) is 0 Å². The van der Waals surface area contributed by atoms with Gasteiger partial charge in [0, 0.05) is 19.0 Å². The molecule has 1 unspecified atom stereocenters. The number of nitrogens with zero attached hydrogens (tertiary/aromatic N) is 2. The number of aromatic nitrogens is 2. The third-order valence-electron chi connectivity index (χ3n) is 4.50. The normalized spacial score (nSPS) is 13.8. The fourth-order valence-corrected chi connectivity index (χ4v) is 2.49. The number of hydrogen-bond donors (Lipinski definition) is 1. The SMILES string of the molecule is CCCn1c(CC(N)C(C)(C)CC)nc2ccccc21. The summed E-state index contributed by atoms with van der Waals surface area (Å²) in [5, 5.41) is 0. The van der Waals surface area contributed by atoms with Crippen LogP contribution in [0.3, 0.4) is 0 Å². The Morgan fingerprint density at radius 3 is 2.60 bits per heavy atom. The summed E-state index contributed by atoms with van der Waals surface area (Å²) < 4.78 is 2.33. The van der Waals surface area contributed by atoms with Crippen LogP contribution in [0.5, 0.6) is 0 Å². The molecule has 0 aliphatic carbocycles. The Bertz CT molecular complexity index is 569. The molecule has 0 radical (unpaired) electrons. The van der Waals surface area contributed by atoms with Gasteiger partial charge in [-0.1, -0.05) is 39.8 Å². The zero-order valence-corrected chi connectivity index (χ0v) is 13.2. The Kier molecular flexibility index (Phi) is 4.48. The lowest BCUT2D eigenvalue weighted by Gasteiger charge is -2.30. The molecule has 20 heavy (non-hydrogen) atoms. The lowest BCUT2D eigenvalue weighted by Crippen LogP contribution is -2.39. The van der Waals surface area contributed by atoms with Gasteiger partial charge in [0.15, 0.2) is 0 Å². The fourth-order valence-electron chi connectivity index (χ4n) is 2.49. The van der Waals surface area contributed by atoms with Gasteiger partial charge in [-0.2, -0.15) is 0 Å². The minimum atomic E-state index is 0.139. The van der Waals surface area contributed by atoms with E-state index in [9.17, 15) is 0 Å². The van der Waals surface area contributed by atoms with E-state index in [1.54, 1.807) is 0 Å². The molecule has 1 aromatic heterocycles. The molecule has 0 spiro atoms. The number of hydrogen-bond acceptors (Lipinski definition) is 2. The van der Waals surface area contributed by atoms with E-state index in [-0.39, 0.29) is 11.5 Å². The average molecular weight is 273 g/mol. The highest BCUT2D eigenvalue weighted by Gasteiger charge is 2.26. The molecule has 0 aliphatic rings. The zero-order chi connectivity index (χ0) is 14.8. The molecule has 2 N–H and O–H groups in total. The number of benzene rings is 1. The van der Waals surface area contributed by atoms with Crippen LogP contribution in [0.2, 0.25) is 0 Å². The maximum atomic E-state index is 6.43. The monoisotopic (exact) mass is 273 g/mol. The summed E-state index contributed by atoms with van der Waals surface area (Å²) in [5.74, 6) is 1.13. The van der Waals surface area contributed by atoms with Crippen LogP contribution in [-0.4, -0.2) is 15.6 Å². The van der Waals surface area contributed by atoms with Crippen LogP contribution in [0.1, 0.15) is 46.4 Å². The van der Waals surface area contributed by atoms with Crippen molar-refractivity contribution in [1.29, 1.82) is 0 Å². The highest BCUT2D eigenvalue weighted by atomic mass is 15.1. The lowest BCUT2D eigenvalue weighted by atomic mass is 9.81. The fraction of sp³-hybridized carbons (Fsp3) is 0.588. The summed E-state index contributed by atoms with van der Waals surface area (Å²) >= 11 is 0. The molecule has 0 bridgehead atoms. The van der Waals surface area contributed by atoms with E-state index < -0.39 is 0 Å². The van der Waals surface area contributed by atoms with Crippen molar-refractivity contribution in [2.45, 2.75) is 59.5 Å². The standard InChI is InChI=1S/C17H27N3/c1-5-11-20-14-10-8-7-9-13(14)19-16(20)12-15(18)17(3,4)6-2/h7-10,15H,5-6,11-12,18H2,1-4H3. The molecule has 0 saturated heterocycles. The molecule has 3 nitrogen and oxygen atoms in total. The summed E-state index contributed by atoms with van der Waals surface area (Å²) in [6, 6.07) is 8.50. The second-order valence-corrected chi connectivity index (χ2v) is 6.32. The highest BCUT2D eigenvalue weighted by molar-refractivity contribution is 5.75. The highest BCUT2D eigenvalue weighted by Crippen LogP contribution is 2.26. The Labute approximate surface area is 122 Å². The first-order valence-electron chi connectivity index (χ1n) is 7.69. The lowest BCUT2D eigenvalue weighted by molar-refractivity contribution is 0.268. The molecule has 0 saturated carbocycles. The molecule has 0 fully saturated rings. The van der Waals surface area contributed by atoms with E-state index >= 15 is 0 Å². The number of fused-ring (bicyclic) bond motifs is 1. The van der Waals surface area contributed by atoms with Gasteiger partial charge in [0.05, 0.1) is 11.0 Å². The van der Waals surface area contributed by atoms with Crippen LogP contribution in [0.15, 0.2) is 24.3 Å². The molecular formula is C17H27N3. The molecule has 1 heterocycles. The maximum absolute atomic E-state index is 6.43. The Morgan fingerprint density at radius 2 is 1.95 bits per heavy atom. The van der Waals surface area contributed by atoms with Gasteiger partial charge in [-0.25, -0.2) is 4.98 Å². The van der Waals surface area contributed by atoms with Gasteiger partial charge in [-0.05, 0) is 30.4 Å². The number of imidazole rings is 1. The smallest absolute Gasteiger partial charge is 0.111 e. The van der Waals surface area contributed by atoms with Gasteiger partial charge in [0.25, 0.3) is 0 Å². The summed E-state index contributed by atoms with van der Waals surface area (Å²) in [4.78, 5) is 4.80. The van der Waals surface area contributed by atoms with Crippen molar-refractivity contribution in [1.82, 2.24) is 9.55 Å². The summed E-state index contributed by atoms with van der Waals surface area (Å²) in [6.07, 6.45) is 3.04. The van der Waals surface area contributed by atoms with Gasteiger partial charge in [0.1, 0.15) is 5.82 Å². The predicted octanol–water partition coefficient (Wildman–Crippen LogP) is 3.75. The molecular weight excluding hydrogens is 246 g/mol. The molecule has 1 aromatic carbocycles. The van der Waals surface area contributed by atoms with Crippen LogP contribution in [0.25, 0.3) is 11.0 Å². The van der Waals surface area contributed by atoms with Gasteiger partial charge in [-0.3, -0.25) is 0 Å². The maximum Gasteiger partial charge on any atom is 0.111 e. The minimum Gasteiger partial charge on any atom is -0.328 e. The average Bonchev–Trinajstić information content (AvgIpc) is 2.77. The van der Waals surface area contributed by atoms with Crippen LogP contribution < -0.4 is 5.73 Å².